The van der Waals surface area contributed by atoms with Gasteiger partial charge in [-0.15, -0.1) is 10.2 Å². The summed E-state index contributed by atoms with van der Waals surface area (Å²) in [5, 5.41) is 20.6. The molecule has 0 aliphatic carbocycles. The van der Waals surface area contributed by atoms with Crippen LogP contribution in [0.1, 0.15) is 24.0 Å². The van der Waals surface area contributed by atoms with Crippen LogP contribution in [0.4, 0.5) is 32.2 Å². The molecule has 3 rings (SSSR count). The molecular weight excluding hydrogens is 402 g/mol. The van der Waals surface area contributed by atoms with Crippen LogP contribution >= 0.6 is 0 Å². The zero-order valence-corrected chi connectivity index (χ0v) is 15.3. The number of benzene rings is 1. The third kappa shape index (κ3) is 4.89. The molecule has 11 heteroatoms. The molecule has 1 aliphatic heterocycles. The molecule has 29 heavy (non-hydrogen) atoms. The number of nitrogens with one attached hydrogen (secondary N) is 1. The van der Waals surface area contributed by atoms with E-state index in [4.69, 9.17) is 0 Å². The van der Waals surface area contributed by atoms with Crippen molar-refractivity contribution < 1.29 is 31.4 Å². The van der Waals surface area contributed by atoms with E-state index in [0.29, 0.717) is 5.82 Å². The van der Waals surface area contributed by atoms with Crippen molar-refractivity contribution in [1.82, 2.24) is 15.1 Å². The van der Waals surface area contributed by atoms with E-state index in [0.717, 1.165) is 25.9 Å². The van der Waals surface area contributed by atoms with Gasteiger partial charge in [0.15, 0.2) is 0 Å². The van der Waals surface area contributed by atoms with E-state index in [1.54, 1.807) is 0 Å². The Morgan fingerprint density at radius 2 is 1.79 bits per heavy atom. The maximum atomic E-state index is 13.4. The summed E-state index contributed by atoms with van der Waals surface area (Å²) >= 11 is 0. The lowest BCUT2D eigenvalue weighted by atomic mass is 9.99. The summed E-state index contributed by atoms with van der Waals surface area (Å²) in [5.74, 6) is -0.843. The van der Waals surface area contributed by atoms with Crippen molar-refractivity contribution in [3.63, 3.8) is 0 Å². The van der Waals surface area contributed by atoms with Crippen LogP contribution < -0.4 is 5.32 Å². The van der Waals surface area contributed by atoms with Crippen LogP contribution in [-0.4, -0.2) is 46.4 Å². The lowest BCUT2D eigenvalue weighted by molar-refractivity contribution is -0.142. The number of nitrogens with zero attached hydrogens (tertiary/aromatic N) is 3. The van der Waals surface area contributed by atoms with Crippen molar-refractivity contribution in [2.75, 3.05) is 25.5 Å². The Hall–Kier alpha value is -2.56. The van der Waals surface area contributed by atoms with Crippen molar-refractivity contribution in [2.45, 2.75) is 31.2 Å². The summed E-state index contributed by atoms with van der Waals surface area (Å²) in [6, 6.07) is 2.86. The molecule has 0 spiro atoms. The number of piperidine rings is 1. The van der Waals surface area contributed by atoms with E-state index in [9.17, 15) is 31.4 Å². The maximum Gasteiger partial charge on any atom is 0.417 e. The number of halogens is 6. The second-order valence-electron chi connectivity index (χ2n) is 6.96. The first-order valence-corrected chi connectivity index (χ1v) is 8.75. The van der Waals surface area contributed by atoms with Crippen LogP contribution in [0, 0.1) is 0 Å². The number of likely N-dealkylation sites (N-methyl/N-ethyl adjacent to an activating group) is 1. The van der Waals surface area contributed by atoms with Gasteiger partial charge in [-0.2, -0.15) is 26.3 Å². The van der Waals surface area contributed by atoms with Gasteiger partial charge >= 0.3 is 12.4 Å². The monoisotopic (exact) mass is 420 g/mol. The maximum absolute atomic E-state index is 13.4. The Bertz CT molecular complexity index is 866. The molecule has 158 valence electrons. The second kappa shape index (κ2) is 7.69. The van der Waals surface area contributed by atoms with Gasteiger partial charge in [0.25, 0.3) is 0 Å². The van der Waals surface area contributed by atoms with Gasteiger partial charge in [-0.25, -0.2) is 0 Å². The molecule has 1 atom stereocenters. The molecule has 5 nitrogen and oxygen atoms in total. The molecule has 2 heterocycles. The third-order valence-corrected chi connectivity index (χ3v) is 4.65. The van der Waals surface area contributed by atoms with Gasteiger partial charge < -0.3 is 15.3 Å². The fraction of sp³-hybridized carbons (Fsp3) is 0.444. The predicted octanol–water partition coefficient (Wildman–Crippen LogP) is 4.39. The number of anilines is 1. The van der Waals surface area contributed by atoms with Gasteiger partial charge in [0.1, 0.15) is 11.6 Å². The van der Waals surface area contributed by atoms with E-state index in [1.165, 1.54) is 12.1 Å². The van der Waals surface area contributed by atoms with Crippen LogP contribution in [0.25, 0.3) is 11.3 Å². The minimum atomic E-state index is -5.13. The largest absolute Gasteiger partial charge is 0.507 e. The van der Waals surface area contributed by atoms with E-state index >= 15 is 0 Å². The molecule has 0 unspecified atom stereocenters. The van der Waals surface area contributed by atoms with Crippen LogP contribution in [-0.2, 0) is 12.4 Å². The minimum Gasteiger partial charge on any atom is -0.507 e. The summed E-state index contributed by atoms with van der Waals surface area (Å²) in [5.41, 5.74) is -4.45. The Balaban J connectivity index is 1.93. The lowest BCUT2D eigenvalue weighted by Gasteiger charge is -2.30. The predicted molar refractivity (Wildman–Crippen MR) is 93.3 cm³/mol. The molecule has 0 bridgehead atoms. The Morgan fingerprint density at radius 1 is 1.07 bits per heavy atom. The highest BCUT2D eigenvalue weighted by Gasteiger charge is 2.40. The third-order valence-electron chi connectivity index (χ3n) is 4.65. The van der Waals surface area contributed by atoms with E-state index < -0.39 is 34.8 Å². The molecule has 1 saturated heterocycles. The SMILES string of the molecule is CN1CCC[C@H](Nc2ccc(-c3c(O)cc(C(F)(F)F)cc3C(F)(F)F)nn2)C1. The number of rotatable bonds is 3. The highest BCUT2D eigenvalue weighted by Crippen LogP contribution is 2.44. The summed E-state index contributed by atoms with van der Waals surface area (Å²) in [7, 11) is 1.97. The van der Waals surface area contributed by atoms with Crippen LogP contribution in [0.5, 0.6) is 5.75 Å². The smallest absolute Gasteiger partial charge is 0.417 e. The molecule has 1 aliphatic rings. The number of aromatic hydroxyl groups is 1. The van der Waals surface area contributed by atoms with Crippen molar-refractivity contribution in [2.24, 2.45) is 0 Å². The molecule has 2 aromatic rings. The van der Waals surface area contributed by atoms with Crippen molar-refractivity contribution in [3.8, 4) is 17.0 Å². The Kier molecular flexibility index (Phi) is 5.61. The molecule has 1 fully saturated rings. The van der Waals surface area contributed by atoms with Gasteiger partial charge in [-0.1, -0.05) is 0 Å². The molecule has 2 N–H and O–H groups in total. The molecule has 0 radical (unpaired) electrons. The van der Waals surface area contributed by atoms with Crippen molar-refractivity contribution in [3.05, 3.63) is 35.4 Å². The minimum absolute atomic E-state index is 0.0409. The van der Waals surface area contributed by atoms with Gasteiger partial charge in [-0.05, 0) is 50.7 Å². The van der Waals surface area contributed by atoms with E-state index in [2.05, 4.69) is 20.4 Å². The number of likely N-dealkylation sites (tertiary alicyclic amines) is 1. The van der Waals surface area contributed by atoms with Gasteiger partial charge in [0.05, 0.1) is 22.4 Å². The number of phenolic OH excluding ortho intramolecular Hbond substituents is 1. The first-order valence-electron chi connectivity index (χ1n) is 8.75. The molecule has 1 aromatic carbocycles. The summed E-state index contributed by atoms with van der Waals surface area (Å²) in [6.07, 6.45) is -8.29. The fourth-order valence-electron chi connectivity index (χ4n) is 3.32. The number of alkyl halides is 6. The fourth-order valence-corrected chi connectivity index (χ4v) is 3.32. The zero-order chi connectivity index (χ0) is 21.4. The van der Waals surface area contributed by atoms with Gasteiger partial charge in [-0.3, -0.25) is 0 Å². The van der Waals surface area contributed by atoms with Crippen molar-refractivity contribution >= 4 is 5.82 Å². The quantitative estimate of drug-likeness (QED) is 0.722. The van der Waals surface area contributed by atoms with E-state index in [1.807, 2.05) is 7.05 Å². The zero-order valence-electron chi connectivity index (χ0n) is 15.3. The number of aromatic nitrogens is 2. The summed E-state index contributed by atoms with van der Waals surface area (Å²) in [4.78, 5) is 2.12. The standard InChI is InChI=1S/C18H18F6N4O/c1-28-6-2-3-11(9-28)25-15-5-4-13(26-27-15)16-12(18(22,23)24)7-10(8-14(16)29)17(19,20)21/h4-5,7-8,11,29H,2-3,6,9H2,1H3,(H,25,27)/t11-/m0/s1. The second-order valence-corrected chi connectivity index (χ2v) is 6.96. The van der Waals surface area contributed by atoms with E-state index in [-0.39, 0.29) is 23.9 Å². The summed E-state index contributed by atoms with van der Waals surface area (Å²) < 4.78 is 78.7. The first kappa shape index (κ1) is 21.2. The topological polar surface area (TPSA) is 61.3 Å². The van der Waals surface area contributed by atoms with Crippen LogP contribution in [0.2, 0.25) is 0 Å². The first-order chi connectivity index (χ1) is 13.4. The van der Waals surface area contributed by atoms with Crippen LogP contribution in [0.15, 0.2) is 24.3 Å². The number of phenols is 1. The normalized spacial score (nSPS) is 18.7. The van der Waals surface area contributed by atoms with Crippen LogP contribution in [0.3, 0.4) is 0 Å². The Labute approximate surface area is 162 Å². The Morgan fingerprint density at radius 3 is 2.34 bits per heavy atom. The van der Waals surface area contributed by atoms with Gasteiger partial charge in [0.2, 0.25) is 0 Å². The lowest BCUT2D eigenvalue weighted by Crippen LogP contribution is -2.39. The molecular formula is C18H18F6N4O. The molecule has 0 saturated carbocycles. The number of hydrogen-bond acceptors (Lipinski definition) is 5. The average molecular weight is 420 g/mol. The highest BCUT2D eigenvalue weighted by molar-refractivity contribution is 5.72. The average Bonchev–Trinajstić information content (AvgIpc) is 2.60. The molecule has 0 amide bonds. The number of hydrogen-bond donors (Lipinski definition) is 2. The molecule has 1 aromatic heterocycles. The van der Waals surface area contributed by atoms with Gasteiger partial charge in [0, 0.05) is 12.6 Å². The summed E-state index contributed by atoms with van der Waals surface area (Å²) in [6.45, 7) is 1.73. The van der Waals surface area contributed by atoms with Crippen molar-refractivity contribution in [1.29, 1.82) is 0 Å². The highest BCUT2D eigenvalue weighted by atomic mass is 19.4.